The molecule has 1 aromatic carbocycles. The van der Waals surface area contributed by atoms with Gasteiger partial charge in [0.25, 0.3) is 0 Å². The lowest BCUT2D eigenvalue weighted by atomic mass is 9.92. The largest absolute Gasteiger partial charge is 0.492 e. The molecule has 3 nitrogen and oxygen atoms in total. The molecule has 0 unspecified atom stereocenters. The Balaban J connectivity index is 1.64. The van der Waals surface area contributed by atoms with Crippen molar-refractivity contribution in [3.8, 4) is 5.75 Å². The summed E-state index contributed by atoms with van der Waals surface area (Å²) in [6, 6.07) is 7.66. The van der Waals surface area contributed by atoms with Gasteiger partial charge in [-0.2, -0.15) is 0 Å². The van der Waals surface area contributed by atoms with Crippen molar-refractivity contribution in [2.24, 2.45) is 5.92 Å². The van der Waals surface area contributed by atoms with Gasteiger partial charge in [0.15, 0.2) is 0 Å². The summed E-state index contributed by atoms with van der Waals surface area (Å²) in [6.07, 6.45) is 5.43. The summed E-state index contributed by atoms with van der Waals surface area (Å²) < 4.78 is 5.74. The second-order valence-electron chi connectivity index (χ2n) is 5.49. The van der Waals surface area contributed by atoms with E-state index in [9.17, 15) is 0 Å². The highest BCUT2D eigenvalue weighted by molar-refractivity contribution is 5.43. The molecule has 0 amide bonds. The highest BCUT2D eigenvalue weighted by atomic mass is 16.5. The Morgan fingerprint density at radius 1 is 1.32 bits per heavy atom. The summed E-state index contributed by atoms with van der Waals surface area (Å²) in [5, 5.41) is 0. The lowest BCUT2D eigenvalue weighted by Crippen LogP contribution is -2.36. The van der Waals surface area contributed by atoms with Crippen LogP contribution in [0.3, 0.4) is 0 Å². The van der Waals surface area contributed by atoms with Crippen molar-refractivity contribution in [3.63, 3.8) is 0 Å². The first-order valence-electron chi connectivity index (χ1n) is 7.48. The predicted molar refractivity (Wildman–Crippen MR) is 80.4 cm³/mol. The molecule has 19 heavy (non-hydrogen) atoms. The van der Waals surface area contributed by atoms with Crippen LogP contribution in [0.5, 0.6) is 5.75 Å². The van der Waals surface area contributed by atoms with E-state index in [0.717, 1.165) is 30.5 Å². The molecule has 0 spiro atoms. The molecule has 1 aromatic rings. The van der Waals surface area contributed by atoms with Gasteiger partial charge in [-0.3, -0.25) is 4.90 Å². The number of anilines is 1. The number of rotatable bonds is 6. The van der Waals surface area contributed by atoms with Crippen molar-refractivity contribution in [1.29, 1.82) is 0 Å². The number of nitrogens with zero attached hydrogens (tertiary/aromatic N) is 1. The third-order valence-corrected chi connectivity index (χ3v) is 3.94. The van der Waals surface area contributed by atoms with E-state index in [1.54, 1.807) is 0 Å². The van der Waals surface area contributed by atoms with Gasteiger partial charge >= 0.3 is 0 Å². The van der Waals surface area contributed by atoms with Gasteiger partial charge < -0.3 is 10.5 Å². The van der Waals surface area contributed by atoms with E-state index in [-0.39, 0.29) is 0 Å². The minimum Gasteiger partial charge on any atom is -0.492 e. The fourth-order valence-electron chi connectivity index (χ4n) is 2.80. The quantitative estimate of drug-likeness (QED) is 0.800. The van der Waals surface area contributed by atoms with E-state index in [2.05, 4.69) is 11.8 Å². The Bertz CT molecular complexity index is 373. The molecule has 0 aromatic heterocycles. The van der Waals surface area contributed by atoms with Crippen LogP contribution in [0, 0.1) is 5.92 Å². The van der Waals surface area contributed by atoms with Crippen molar-refractivity contribution < 1.29 is 4.74 Å². The van der Waals surface area contributed by atoms with Crippen molar-refractivity contribution in [3.05, 3.63) is 24.3 Å². The number of nitrogen functional groups attached to an aromatic ring is 1. The number of hydrogen-bond acceptors (Lipinski definition) is 3. The highest BCUT2D eigenvalue weighted by Crippen LogP contribution is 2.21. The molecule has 0 aliphatic carbocycles. The monoisotopic (exact) mass is 262 g/mol. The van der Waals surface area contributed by atoms with Gasteiger partial charge in [0.2, 0.25) is 0 Å². The molecule has 0 bridgehead atoms. The minimum absolute atomic E-state index is 0.752. The molecule has 1 heterocycles. The summed E-state index contributed by atoms with van der Waals surface area (Å²) in [7, 11) is 0. The number of hydrogen-bond donors (Lipinski definition) is 1. The van der Waals surface area contributed by atoms with Crippen LogP contribution in [0.2, 0.25) is 0 Å². The molecule has 2 N–H and O–H groups in total. The van der Waals surface area contributed by atoms with Crippen LogP contribution in [-0.2, 0) is 0 Å². The molecule has 0 atom stereocenters. The van der Waals surface area contributed by atoms with Gasteiger partial charge in [-0.1, -0.05) is 25.8 Å². The van der Waals surface area contributed by atoms with Crippen molar-refractivity contribution in [2.75, 3.05) is 32.0 Å². The Kier molecular flexibility index (Phi) is 5.52. The maximum absolute atomic E-state index is 5.74. The highest BCUT2D eigenvalue weighted by Gasteiger charge is 2.17. The molecular formula is C16H26N2O. The van der Waals surface area contributed by atoms with Crippen LogP contribution >= 0.6 is 0 Å². The normalized spacial score (nSPS) is 17.5. The summed E-state index contributed by atoms with van der Waals surface area (Å²) >= 11 is 0. The molecular weight excluding hydrogens is 236 g/mol. The number of ether oxygens (including phenoxy) is 1. The van der Waals surface area contributed by atoms with Gasteiger partial charge in [-0.15, -0.1) is 0 Å². The maximum Gasteiger partial charge on any atom is 0.121 e. The average molecular weight is 262 g/mol. The van der Waals surface area contributed by atoms with Crippen LogP contribution in [0.1, 0.15) is 32.6 Å². The average Bonchev–Trinajstić information content (AvgIpc) is 2.41. The predicted octanol–water partition coefficient (Wildman–Crippen LogP) is 3.16. The minimum atomic E-state index is 0.752. The smallest absolute Gasteiger partial charge is 0.121 e. The Morgan fingerprint density at radius 3 is 2.79 bits per heavy atom. The van der Waals surface area contributed by atoms with Crippen LogP contribution in [0.25, 0.3) is 0 Å². The molecule has 1 aliphatic heterocycles. The number of piperidine rings is 1. The second kappa shape index (κ2) is 7.39. The van der Waals surface area contributed by atoms with Gasteiger partial charge in [0.05, 0.1) is 0 Å². The summed E-state index contributed by atoms with van der Waals surface area (Å²) in [6.45, 7) is 6.51. The van der Waals surface area contributed by atoms with E-state index >= 15 is 0 Å². The molecule has 106 valence electrons. The zero-order valence-electron chi connectivity index (χ0n) is 12.0. The van der Waals surface area contributed by atoms with E-state index in [0.29, 0.717) is 0 Å². The first kappa shape index (κ1) is 14.2. The number of nitrogens with two attached hydrogens (primary N) is 1. The standard InChI is InChI=1S/C16H26N2O/c1-2-4-14-7-9-18(10-8-14)11-12-19-16-6-3-5-15(17)13-16/h3,5-6,13-14H,2,4,7-12,17H2,1H3. The molecule has 1 fully saturated rings. The fourth-order valence-corrected chi connectivity index (χ4v) is 2.80. The summed E-state index contributed by atoms with van der Waals surface area (Å²) in [4.78, 5) is 2.51. The third-order valence-electron chi connectivity index (χ3n) is 3.94. The van der Waals surface area contributed by atoms with E-state index < -0.39 is 0 Å². The maximum atomic E-state index is 5.74. The van der Waals surface area contributed by atoms with Crippen LogP contribution in [0.15, 0.2) is 24.3 Å². The Labute approximate surface area is 116 Å². The van der Waals surface area contributed by atoms with Crippen LogP contribution in [-0.4, -0.2) is 31.1 Å². The van der Waals surface area contributed by atoms with E-state index in [1.165, 1.54) is 38.8 Å². The molecule has 1 saturated heterocycles. The lowest BCUT2D eigenvalue weighted by molar-refractivity contribution is 0.151. The Hall–Kier alpha value is -1.22. The first-order chi connectivity index (χ1) is 9.28. The lowest BCUT2D eigenvalue weighted by Gasteiger charge is -2.31. The zero-order valence-corrected chi connectivity index (χ0v) is 12.0. The molecule has 3 heteroatoms. The first-order valence-corrected chi connectivity index (χ1v) is 7.48. The number of likely N-dealkylation sites (tertiary alicyclic amines) is 1. The van der Waals surface area contributed by atoms with Gasteiger partial charge in [0.1, 0.15) is 12.4 Å². The zero-order chi connectivity index (χ0) is 13.5. The second-order valence-corrected chi connectivity index (χ2v) is 5.49. The van der Waals surface area contributed by atoms with Gasteiger partial charge in [-0.25, -0.2) is 0 Å². The molecule has 0 saturated carbocycles. The van der Waals surface area contributed by atoms with Gasteiger partial charge in [0, 0.05) is 18.3 Å². The van der Waals surface area contributed by atoms with Crippen molar-refractivity contribution in [2.45, 2.75) is 32.6 Å². The molecule has 2 rings (SSSR count). The van der Waals surface area contributed by atoms with Crippen LogP contribution < -0.4 is 10.5 Å². The van der Waals surface area contributed by atoms with Gasteiger partial charge in [-0.05, 0) is 44.0 Å². The van der Waals surface area contributed by atoms with Crippen LogP contribution in [0.4, 0.5) is 5.69 Å². The summed E-state index contributed by atoms with van der Waals surface area (Å²) in [5.41, 5.74) is 6.49. The van der Waals surface area contributed by atoms with Crippen molar-refractivity contribution >= 4 is 5.69 Å². The van der Waals surface area contributed by atoms with E-state index in [4.69, 9.17) is 10.5 Å². The molecule has 0 radical (unpaired) electrons. The SMILES string of the molecule is CCCC1CCN(CCOc2cccc(N)c2)CC1. The number of benzene rings is 1. The fraction of sp³-hybridized carbons (Fsp3) is 0.625. The topological polar surface area (TPSA) is 38.5 Å². The Morgan fingerprint density at radius 2 is 2.11 bits per heavy atom. The van der Waals surface area contributed by atoms with Crippen molar-refractivity contribution in [1.82, 2.24) is 4.90 Å². The van der Waals surface area contributed by atoms with E-state index in [1.807, 2.05) is 24.3 Å². The third kappa shape index (κ3) is 4.75. The summed E-state index contributed by atoms with van der Waals surface area (Å²) in [5.74, 6) is 1.83. The molecule has 1 aliphatic rings.